The summed E-state index contributed by atoms with van der Waals surface area (Å²) in [6.45, 7) is 3.59. The maximum absolute atomic E-state index is 13.7. The third-order valence-corrected chi connectivity index (χ3v) is 5.18. The van der Waals surface area contributed by atoms with E-state index in [0.717, 1.165) is 30.8 Å². The Hall–Kier alpha value is -2.89. The van der Waals surface area contributed by atoms with E-state index in [9.17, 15) is 14.0 Å². The molecule has 1 aliphatic rings. The number of nitrogens with zero attached hydrogens (tertiary/aromatic N) is 1. The van der Waals surface area contributed by atoms with Crippen LogP contribution in [-0.2, 0) is 16.1 Å². The van der Waals surface area contributed by atoms with Gasteiger partial charge in [0, 0.05) is 31.1 Å². The number of amides is 2. The second-order valence-corrected chi connectivity index (χ2v) is 7.48. The topological polar surface area (TPSA) is 62.6 Å². The predicted molar refractivity (Wildman–Crippen MR) is 109 cm³/mol. The Morgan fingerprint density at radius 1 is 1.28 bits per heavy atom. The zero-order valence-electron chi connectivity index (χ0n) is 16.7. The summed E-state index contributed by atoms with van der Waals surface area (Å²) in [6.07, 6.45) is 6.04. The number of likely N-dealkylation sites (tertiary alicyclic amines) is 1. The summed E-state index contributed by atoms with van der Waals surface area (Å²) >= 11 is 0. The van der Waals surface area contributed by atoms with E-state index in [1.54, 1.807) is 23.1 Å². The molecule has 0 radical (unpaired) electrons. The fourth-order valence-corrected chi connectivity index (χ4v) is 3.57. The molecular formula is C23H27FN2O3. The number of rotatable bonds is 7. The molecule has 1 aliphatic heterocycles. The molecular weight excluding hydrogens is 371 g/mol. The second-order valence-electron chi connectivity index (χ2n) is 7.48. The van der Waals surface area contributed by atoms with Gasteiger partial charge < -0.3 is 14.6 Å². The molecule has 2 aromatic rings. The van der Waals surface area contributed by atoms with Crippen LogP contribution in [0.2, 0.25) is 0 Å². The Labute approximate surface area is 170 Å². The van der Waals surface area contributed by atoms with Crippen molar-refractivity contribution in [2.75, 3.05) is 13.1 Å². The smallest absolute Gasteiger partial charge is 0.246 e. The van der Waals surface area contributed by atoms with Gasteiger partial charge in [0.05, 0.1) is 6.54 Å². The molecule has 154 valence electrons. The standard InChI is InChI=1S/C23H27FN2O3/c1-17-8-11-20(29-17)15-25-22(27)12-9-18-5-4-14-26(16-18)23(28)13-10-19-6-2-3-7-21(19)24/h2-3,6-8,10-11,13,18H,4-5,9,12,14-16H2,1H3,(H,25,27). The van der Waals surface area contributed by atoms with Crippen molar-refractivity contribution >= 4 is 17.9 Å². The van der Waals surface area contributed by atoms with Gasteiger partial charge in [-0.05, 0) is 56.4 Å². The first-order valence-electron chi connectivity index (χ1n) is 10.0. The molecule has 29 heavy (non-hydrogen) atoms. The number of halogens is 1. The van der Waals surface area contributed by atoms with Gasteiger partial charge in [-0.3, -0.25) is 9.59 Å². The highest BCUT2D eigenvalue weighted by molar-refractivity contribution is 5.91. The molecule has 2 amide bonds. The van der Waals surface area contributed by atoms with Crippen molar-refractivity contribution in [3.63, 3.8) is 0 Å². The highest BCUT2D eigenvalue weighted by atomic mass is 19.1. The lowest BCUT2D eigenvalue weighted by Crippen LogP contribution is -2.39. The molecule has 1 unspecified atom stereocenters. The van der Waals surface area contributed by atoms with E-state index in [1.807, 2.05) is 19.1 Å². The third-order valence-electron chi connectivity index (χ3n) is 5.18. The van der Waals surface area contributed by atoms with Crippen molar-refractivity contribution in [2.45, 2.75) is 39.2 Å². The van der Waals surface area contributed by atoms with Crippen molar-refractivity contribution in [2.24, 2.45) is 5.92 Å². The van der Waals surface area contributed by atoms with Gasteiger partial charge in [0.1, 0.15) is 17.3 Å². The number of nitrogens with one attached hydrogen (secondary N) is 1. The van der Waals surface area contributed by atoms with Crippen LogP contribution in [0.25, 0.3) is 6.08 Å². The monoisotopic (exact) mass is 398 g/mol. The fraction of sp³-hybridized carbons (Fsp3) is 0.391. The van der Waals surface area contributed by atoms with Crippen LogP contribution in [0.1, 0.15) is 42.8 Å². The number of hydrogen-bond acceptors (Lipinski definition) is 3. The van der Waals surface area contributed by atoms with Crippen molar-refractivity contribution in [3.8, 4) is 0 Å². The maximum atomic E-state index is 13.7. The van der Waals surface area contributed by atoms with Crippen LogP contribution in [0.15, 0.2) is 46.9 Å². The van der Waals surface area contributed by atoms with E-state index in [-0.39, 0.29) is 17.6 Å². The van der Waals surface area contributed by atoms with Crippen LogP contribution in [-0.4, -0.2) is 29.8 Å². The Balaban J connectivity index is 1.43. The summed E-state index contributed by atoms with van der Waals surface area (Å²) in [4.78, 5) is 26.3. The molecule has 0 saturated carbocycles. The first kappa shape index (κ1) is 20.8. The summed E-state index contributed by atoms with van der Waals surface area (Å²) in [5.41, 5.74) is 0.401. The Morgan fingerprint density at radius 3 is 2.86 bits per heavy atom. The SMILES string of the molecule is Cc1ccc(CNC(=O)CCC2CCCN(C(=O)C=Cc3ccccc3F)C2)o1. The van der Waals surface area contributed by atoms with Gasteiger partial charge in [-0.1, -0.05) is 18.2 Å². The van der Waals surface area contributed by atoms with Crippen LogP contribution in [0.4, 0.5) is 4.39 Å². The largest absolute Gasteiger partial charge is 0.465 e. The lowest BCUT2D eigenvalue weighted by Gasteiger charge is -2.32. The summed E-state index contributed by atoms with van der Waals surface area (Å²) in [5.74, 6) is 1.39. The summed E-state index contributed by atoms with van der Waals surface area (Å²) in [5, 5.41) is 2.87. The number of carbonyl (C=O) groups excluding carboxylic acids is 2. The molecule has 6 heteroatoms. The quantitative estimate of drug-likeness (QED) is 0.715. The normalized spacial score (nSPS) is 16.9. The van der Waals surface area contributed by atoms with Crippen LogP contribution < -0.4 is 5.32 Å². The molecule has 5 nitrogen and oxygen atoms in total. The summed E-state index contributed by atoms with van der Waals surface area (Å²) in [6, 6.07) is 10.1. The highest BCUT2D eigenvalue weighted by Gasteiger charge is 2.23. The predicted octanol–water partition coefficient (Wildman–Crippen LogP) is 4.08. The fourth-order valence-electron chi connectivity index (χ4n) is 3.57. The van der Waals surface area contributed by atoms with Crippen molar-refractivity contribution in [1.29, 1.82) is 0 Å². The lowest BCUT2D eigenvalue weighted by atomic mass is 9.93. The molecule has 1 N–H and O–H groups in total. The number of hydrogen-bond donors (Lipinski definition) is 1. The van der Waals surface area contributed by atoms with Crippen LogP contribution >= 0.6 is 0 Å². The number of carbonyl (C=O) groups is 2. The minimum Gasteiger partial charge on any atom is -0.465 e. The second kappa shape index (κ2) is 10.0. The number of piperidine rings is 1. The van der Waals surface area contributed by atoms with Gasteiger partial charge in [-0.15, -0.1) is 0 Å². The van der Waals surface area contributed by atoms with Crippen molar-refractivity contribution in [3.05, 3.63) is 65.4 Å². The average Bonchev–Trinajstić information content (AvgIpc) is 3.15. The molecule has 1 aromatic heterocycles. The zero-order valence-corrected chi connectivity index (χ0v) is 16.7. The maximum Gasteiger partial charge on any atom is 0.246 e. The molecule has 1 saturated heterocycles. The number of aryl methyl sites for hydroxylation is 1. The van der Waals surface area contributed by atoms with Gasteiger partial charge in [0.2, 0.25) is 11.8 Å². The first-order valence-corrected chi connectivity index (χ1v) is 10.0. The van der Waals surface area contributed by atoms with Crippen LogP contribution in [0.3, 0.4) is 0 Å². The molecule has 0 aliphatic carbocycles. The Kier molecular flexibility index (Phi) is 7.22. The van der Waals surface area contributed by atoms with Gasteiger partial charge in [-0.2, -0.15) is 0 Å². The molecule has 0 spiro atoms. The minimum atomic E-state index is -0.344. The van der Waals surface area contributed by atoms with E-state index in [0.29, 0.717) is 37.5 Å². The summed E-state index contributed by atoms with van der Waals surface area (Å²) in [7, 11) is 0. The van der Waals surface area contributed by atoms with Gasteiger partial charge in [0.25, 0.3) is 0 Å². The Morgan fingerprint density at radius 2 is 2.10 bits per heavy atom. The number of furan rings is 1. The van der Waals surface area contributed by atoms with Crippen molar-refractivity contribution < 1.29 is 18.4 Å². The van der Waals surface area contributed by atoms with E-state index >= 15 is 0 Å². The van der Waals surface area contributed by atoms with Gasteiger partial charge in [-0.25, -0.2) is 4.39 Å². The van der Waals surface area contributed by atoms with Crippen LogP contribution in [0.5, 0.6) is 0 Å². The lowest BCUT2D eigenvalue weighted by molar-refractivity contribution is -0.127. The van der Waals surface area contributed by atoms with Gasteiger partial charge >= 0.3 is 0 Å². The van der Waals surface area contributed by atoms with E-state index in [2.05, 4.69) is 5.32 Å². The number of benzene rings is 1. The first-order chi connectivity index (χ1) is 14.0. The molecule has 3 rings (SSSR count). The van der Waals surface area contributed by atoms with Gasteiger partial charge in [0.15, 0.2) is 0 Å². The third kappa shape index (κ3) is 6.31. The Bertz CT molecular complexity index is 875. The van der Waals surface area contributed by atoms with E-state index in [4.69, 9.17) is 4.42 Å². The molecule has 0 bridgehead atoms. The molecule has 1 aromatic carbocycles. The molecule has 1 atom stereocenters. The molecule has 2 heterocycles. The average molecular weight is 398 g/mol. The molecule has 1 fully saturated rings. The minimum absolute atomic E-state index is 0.0121. The zero-order chi connectivity index (χ0) is 20.6. The van der Waals surface area contributed by atoms with Crippen LogP contribution in [0, 0.1) is 18.7 Å². The van der Waals surface area contributed by atoms with Crippen molar-refractivity contribution in [1.82, 2.24) is 10.2 Å². The van der Waals surface area contributed by atoms with E-state index < -0.39 is 0 Å². The summed E-state index contributed by atoms with van der Waals surface area (Å²) < 4.78 is 19.1. The highest BCUT2D eigenvalue weighted by Crippen LogP contribution is 2.21. The van der Waals surface area contributed by atoms with E-state index in [1.165, 1.54) is 18.2 Å².